The van der Waals surface area contributed by atoms with Gasteiger partial charge in [-0.2, -0.15) is 0 Å². The normalized spacial score (nSPS) is 20.2. The molecule has 1 fully saturated rings. The van der Waals surface area contributed by atoms with Gasteiger partial charge in [0.25, 0.3) is 11.4 Å². The fourth-order valence-electron chi connectivity index (χ4n) is 1.70. The lowest BCUT2D eigenvalue weighted by Crippen LogP contribution is -2.13. The molecule has 1 aromatic carbocycles. The fraction of sp³-hybridized carbons (Fsp3) is 0.364. The van der Waals surface area contributed by atoms with E-state index in [9.17, 15) is 25.0 Å². The molecule has 0 radical (unpaired) electrons. The Hall–Kier alpha value is -2.55. The van der Waals surface area contributed by atoms with Gasteiger partial charge in [-0.25, -0.2) is 0 Å². The van der Waals surface area contributed by atoms with Gasteiger partial charge in [-0.1, -0.05) is 0 Å². The van der Waals surface area contributed by atoms with Crippen molar-refractivity contribution in [2.75, 3.05) is 0 Å². The van der Waals surface area contributed by atoms with Crippen molar-refractivity contribution in [3.63, 3.8) is 0 Å². The monoisotopic (exact) mass is 281 g/mol. The molecule has 0 spiro atoms. The maximum atomic E-state index is 11.5. The minimum Gasteiger partial charge on any atom is -0.461 e. The summed E-state index contributed by atoms with van der Waals surface area (Å²) in [6.45, 7) is -0.259. The average Bonchev–Trinajstić information content (AvgIpc) is 3.12. The van der Waals surface area contributed by atoms with E-state index in [1.165, 1.54) is 0 Å². The molecule has 9 heteroatoms. The van der Waals surface area contributed by atoms with Gasteiger partial charge in [0.15, 0.2) is 0 Å². The fourth-order valence-corrected chi connectivity index (χ4v) is 1.70. The molecule has 2 rings (SSSR count). The van der Waals surface area contributed by atoms with Gasteiger partial charge >= 0.3 is 5.97 Å². The van der Waals surface area contributed by atoms with Crippen molar-refractivity contribution < 1.29 is 19.4 Å². The minimum atomic E-state index is -0.741. The number of nitro groups is 2. The van der Waals surface area contributed by atoms with E-state index in [1.54, 1.807) is 0 Å². The molecule has 2 atom stereocenters. The third kappa shape index (κ3) is 3.06. The summed E-state index contributed by atoms with van der Waals surface area (Å²) in [5.74, 6) is -0.838. The number of carbonyl (C=O) groups excluding carboxylic acids is 1. The Morgan fingerprint density at radius 2 is 1.75 bits per heavy atom. The van der Waals surface area contributed by atoms with Gasteiger partial charge in [0.2, 0.25) is 0 Å². The number of esters is 1. The summed E-state index contributed by atoms with van der Waals surface area (Å²) in [6, 6.07) is 2.91. The van der Waals surface area contributed by atoms with Crippen LogP contribution < -0.4 is 5.73 Å². The highest BCUT2D eigenvalue weighted by molar-refractivity contribution is 5.76. The second-order valence-electron chi connectivity index (χ2n) is 4.49. The van der Waals surface area contributed by atoms with Crippen LogP contribution in [0.1, 0.15) is 12.0 Å². The molecule has 0 heterocycles. The maximum absolute atomic E-state index is 11.5. The molecule has 106 valence electrons. The largest absolute Gasteiger partial charge is 0.461 e. The van der Waals surface area contributed by atoms with Crippen LogP contribution in [0.2, 0.25) is 0 Å². The number of nitrogens with two attached hydrogens (primary N) is 1. The standard InChI is InChI=1S/C11H11N3O6/c12-10-4-9(10)11(15)20-5-6-1-7(13(16)17)3-8(2-6)14(18)19/h1-3,9-10H,4-5,12H2/t9-,10-/m1/s1. The highest BCUT2D eigenvalue weighted by atomic mass is 16.6. The van der Waals surface area contributed by atoms with E-state index < -0.39 is 27.2 Å². The van der Waals surface area contributed by atoms with Crippen LogP contribution >= 0.6 is 0 Å². The summed E-state index contributed by atoms with van der Waals surface area (Å²) in [5, 5.41) is 21.4. The zero-order valence-electron chi connectivity index (χ0n) is 10.2. The number of benzene rings is 1. The Labute approximate surface area is 112 Å². The molecule has 1 aliphatic rings. The number of rotatable bonds is 5. The number of nitro benzene ring substituents is 2. The Morgan fingerprint density at radius 1 is 1.25 bits per heavy atom. The van der Waals surface area contributed by atoms with E-state index >= 15 is 0 Å². The third-order valence-electron chi connectivity index (χ3n) is 2.91. The predicted octanol–water partition coefficient (Wildman–Crippen LogP) is 0.893. The maximum Gasteiger partial charge on any atom is 0.310 e. The lowest BCUT2D eigenvalue weighted by Gasteiger charge is -2.04. The number of carbonyl (C=O) groups is 1. The molecular formula is C11H11N3O6. The molecule has 9 nitrogen and oxygen atoms in total. The van der Waals surface area contributed by atoms with Crippen LogP contribution in [0.3, 0.4) is 0 Å². The van der Waals surface area contributed by atoms with Crippen molar-refractivity contribution in [1.29, 1.82) is 0 Å². The van der Waals surface area contributed by atoms with Crippen molar-refractivity contribution in [1.82, 2.24) is 0 Å². The minimum absolute atomic E-state index is 0.188. The number of nitrogens with zero attached hydrogens (tertiary/aromatic N) is 2. The summed E-state index contributed by atoms with van der Waals surface area (Å²) in [5.41, 5.74) is 4.83. The zero-order valence-corrected chi connectivity index (χ0v) is 10.2. The lowest BCUT2D eigenvalue weighted by molar-refractivity contribution is -0.394. The first-order valence-electron chi connectivity index (χ1n) is 5.73. The SMILES string of the molecule is N[C@@H]1C[C@H]1C(=O)OCc1cc([N+](=O)[O-])cc([N+](=O)[O-])c1. The third-order valence-corrected chi connectivity index (χ3v) is 2.91. The van der Waals surface area contributed by atoms with Gasteiger partial charge in [-0.15, -0.1) is 0 Å². The van der Waals surface area contributed by atoms with Crippen LogP contribution in [0.4, 0.5) is 11.4 Å². The van der Waals surface area contributed by atoms with Gasteiger partial charge in [0, 0.05) is 23.7 Å². The number of non-ortho nitro benzene ring substituents is 2. The lowest BCUT2D eigenvalue weighted by atomic mass is 10.2. The topological polar surface area (TPSA) is 139 Å². The van der Waals surface area contributed by atoms with Crippen LogP contribution in [-0.2, 0) is 16.1 Å². The van der Waals surface area contributed by atoms with E-state index in [2.05, 4.69) is 0 Å². The van der Waals surface area contributed by atoms with Gasteiger partial charge < -0.3 is 10.5 Å². The zero-order chi connectivity index (χ0) is 14.9. The van der Waals surface area contributed by atoms with E-state index in [-0.39, 0.29) is 24.1 Å². The summed E-state index contributed by atoms with van der Waals surface area (Å²) < 4.78 is 4.93. The van der Waals surface area contributed by atoms with Crippen LogP contribution in [0.25, 0.3) is 0 Å². The Balaban J connectivity index is 2.11. The smallest absolute Gasteiger partial charge is 0.310 e. The van der Waals surface area contributed by atoms with Crippen molar-refractivity contribution >= 4 is 17.3 Å². The summed E-state index contributed by atoms with van der Waals surface area (Å²) in [7, 11) is 0. The molecular weight excluding hydrogens is 270 g/mol. The second kappa shape index (κ2) is 5.21. The molecule has 1 saturated carbocycles. The van der Waals surface area contributed by atoms with Crippen LogP contribution in [0, 0.1) is 26.1 Å². The first-order chi connectivity index (χ1) is 9.38. The predicted molar refractivity (Wildman–Crippen MR) is 65.6 cm³/mol. The highest BCUT2D eigenvalue weighted by Gasteiger charge is 2.41. The van der Waals surface area contributed by atoms with Crippen molar-refractivity contribution in [2.45, 2.75) is 19.1 Å². The number of hydrogen-bond acceptors (Lipinski definition) is 7. The summed E-state index contributed by atoms with van der Waals surface area (Å²) in [4.78, 5) is 31.3. The molecule has 1 aliphatic carbocycles. The summed E-state index contributed by atoms with van der Waals surface area (Å²) >= 11 is 0. The molecule has 0 unspecified atom stereocenters. The quantitative estimate of drug-likeness (QED) is 0.480. The van der Waals surface area contributed by atoms with E-state index in [4.69, 9.17) is 10.5 Å². The van der Waals surface area contributed by atoms with Gasteiger partial charge in [-0.3, -0.25) is 25.0 Å². The summed E-state index contributed by atoms with van der Waals surface area (Å²) in [6.07, 6.45) is 0.550. The second-order valence-corrected chi connectivity index (χ2v) is 4.49. The van der Waals surface area contributed by atoms with Gasteiger partial charge in [0.1, 0.15) is 6.61 Å². The molecule has 0 amide bonds. The van der Waals surface area contributed by atoms with E-state index in [0.29, 0.717) is 6.42 Å². The molecule has 0 aromatic heterocycles. The van der Waals surface area contributed by atoms with E-state index in [0.717, 1.165) is 18.2 Å². The van der Waals surface area contributed by atoms with E-state index in [1.807, 2.05) is 0 Å². The van der Waals surface area contributed by atoms with Crippen molar-refractivity contribution in [3.8, 4) is 0 Å². The molecule has 0 saturated heterocycles. The Kier molecular flexibility index (Phi) is 3.61. The molecule has 20 heavy (non-hydrogen) atoms. The molecule has 0 bridgehead atoms. The van der Waals surface area contributed by atoms with Crippen LogP contribution in [0.5, 0.6) is 0 Å². The van der Waals surface area contributed by atoms with Crippen LogP contribution in [0.15, 0.2) is 18.2 Å². The highest BCUT2D eigenvalue weighted by Crippen LogP contribution is 2.30. The first-order valence-corrected chi connectivity index (χ1v) is 5.73. The van der Waals surface area contributed by atoms with Crippen LogP contribution in [-0.4, -0.2) is 21.9 Å². The van der Waals surface area contributed by atoms with Gasteiger partial charge in [0.05, 0.1) is 21.8 Å². The average molecular weight is 281 g/mol. The molecule has 2 N–H and O–H groups in total. The van der Waals surface area contributed by atoms with Crippen molar-refractivity contribution in [2.24, 2.45) is 11.7 Å². The van der Waals surface area contributed by atoms with Gasteiger partial charge in [-0.05, 0) is 6.42 Å². The molecule has 0 aliphatic heterocycles. The van der Waals surface area contributed by atoms with Crippen molar-refractivity contribution in [3.05, 3.63) is 44.0 Å². The number of ether oxygens (including phenoxy) is 1. The first kappa shape index (κ1) is 13.9. The Bertz CT molecular complexity index is 555. The number of hydrogen-bond donors (Lipinski definition) is 1. The Morgan fingerprint density at radius 3 is 2.15 bits per heavy atom. The molecule has 1 aromatic rings.